The summed E-state index contributed by atoms with van der Waals surface area (Å²) in [4.78, 5) is 33.2. The number of hydrogen-bond acceptors (Lipinski definition) is 8. The summed E-state index contributed by atoms with van der Waals surface area (Å²) >= 11 is 1.28. The number of benzene rings is 3. The Morgan fingerprint density at radius 3 is 2.77 bits per heavy atom. The number of aliphatic hydroxyl groups is 1. The first kappa shape index (κ1) is 24.9. The van der Waals surface area contributed by atoms with Gasteiger partial charge in [-0.05, 0) is 73.5 Å². The van der Waals surface area contributed by atoms with Crippen molar-refractivity contribution in [1.29, 1.82) is 0 Å². The third-order valence-corrected chi connectivity index (χ3v) is 7.91. The Morgan fingerprint density at radius 2 is 1.97 bits per heavy atom. The van der Waals surface area contributed by atoms with Gasteiger partial charge >= 0.3 is 5.91 Å². The number of amides is 1. The molecule has 1 N–H and O–H groups in total. The van der Waals surface area contributed by atoms with Crippen molar-refractivity contribution in [2.45, 2.75) is 32.4 Å². The number of carbonyl (C=O) groups is 2. The lowest BCUT2D eigenvalue weighted by atomic mass is 9.94. The Hall–Kier alpha value is -4.37. The van der Waals surface area contributed by atoms with E-state index in [1.165, 1.54) is 16.2 Å². The molecule has 0 bridgehead atoms. The summed E-state index contributed by atoms with van der Waals surface area (Å²) in [7, 11) is 1.55. The Morgan fingerprint density at radius 1 is 1.13 bits per heavy atom. The second-order valence-corrected chi connectivity index (χ2v) is 10.5. The number of ketones is 1. The fourth-order valence-electron chi connectivity index (χ4n) is 5.13. The topological polar surface area (TPSA) is 98.2 Å². The minimum Gasteiger partial charge on any atom is -0.507 e. The average molecular weight is 543 g/mol. The van der Waals surface area contributed by atoms with Crippen LogP contribution in [-0.2, 0) is 16.0 Å². The minimum atomic E-state index is -0.907. The number of Topliss-reactive ketones (excluding diaryl/α,β-unsaturated/α-hetero) is 1. The average Bonchev–Trinajstić information content (AvgIpc) is 3.60. The molecule has 3 heterocycles. The van der Waals surface area contributed by atoms with E-state index in [0.29, 0.717) is 46.3 Å². The SMILES string of the molecule is CCOc1ccc2nc(N3C(=O)C(=O)C(=C(O)c4ccc5c(c4)C[C@@H](C)O5)[C@@H]3c3cccc(OC)c3)sc2c1. The molecular weight excluding hydrogens is 516 g/mol. The number of nitrogens with zero attached hydrogens (tertiary/aromatic N) is 2. The fourth-order valence-corrected chi connectivity index (χ4v) is 6.15. The van der Waals surface area contributed by atoms with Gasteiger partial charge in [-0.1, -0.05) is 23.5 Å². The zero-order valence-electron chi connectivity index (χ0n) is 21.6. The smallest absolute Gasteiger partial charge is 0.301 e. The summed E-state index contributed by atoms with van der Waals surface area (Å²) < 4.78 is 17.7. The van der Waals surface area contributed by atoms with Gasteiger partial charge in [-0.25, -0.2) is 4.98 Å². The summed E-state index contributed by atoms with van der Waals surface area (Å²) in [6.45, 7) is 4.41. The summed E-state index contributed by atoms with van der Waals surface area (Å²) in [5, 5.41) is 11.9. The van der Waals surface area contributed by atoms with Gasteiger partial charge in [0.1, 0.15) is 29.1 Å². The van der Waals surface area contributed by atoms with Gasteiger partial charge in [0, 0.05) is 12.0 Å². The van der Waals surface area contributed by atoms with E-state index < -0.39 is 17.7 Å². The molecule has 0 radical (unpaired) electrons. The predicted octanol–water partition coefficient (Wildman–Crippen LogP) is 5.65. The van der Waals surface area contributed by atoms with Gasteiger partial charge in [-0.2, -0.15) is 0 Å². The van der Waals surface area contributed by atoms with Crippen LogP contribution in [0.4, 0.5) is 5.13 Å². The van der Waals surface area contributed by atoms with Crippen LogP contribution in [0, 0.1) is 0 Å². The van der Waals surface area contributed by atoms with E-state index in [1.54, 1.807) is 43.5 Å². The molecule has 2 aliphatic heterocycles. The predicted molar refractivity (Wildman–Crippen MR) is 149 cm³/mol. The highest BCUT2D eigenvalue weighted by Crippen LogP contribution is 2.45. The van der Waals surface area contributed by atoms with Gasteiger partial charge < -0.3 is 19.3 Å². The monoisotopic (exact) mass is 542 g/mol. The van der Waals surface area contributed by atoms with Gasteiger partial charge in [0.05, 0.1) is 35.5 Å². The lowest BCUT2D eigenvalue weighted by Gasteiger charge is -2.23. The maximum atomic E-state index is 13.6. The van der Waals surface area contributed by atoms with Crippen LogP contribution >= 0.6 is 11.3 Å². The normalized spacial score (nSPS) is 19.8. The van der Waals surface area contributed by atoms with Gasteiger partial charge in [0.2, 0.25) is 0 Å². The van der Waals surface area contributed by atoms with E-state index in [1.807, 2.05) is 38.1 Å². The number of thiazole rings is 1. The molecule has 0 spiro atoms. The lowest BCUT2D eigenvalue weighted by molar-refractivity contribution is -0.132. The molecular formula is C30H26N2O6S. The summed E-state index contributed by atoms with van der Waals surface area (Å²) in [5.74, 6) is 0.232. The summed E-state index contributed by atoms with van der Waals surface area (Å²) in [6, 6.07) is 17.0. The number of hydrogen-bond donors (Lipinski definition) is 1. The van der Waals surface area contributed by atoms with Crippen molar-refractivity contribution in [3.63, 3.8) is 0 Å². The highest BCUT2D eigenvalue weighted by Gasteiger charge is 2.48. The number of aromatic nitrogens is 1. The first-order valence-corrected chi connectivity index (χ1v) is 13.5. The Balaban J connectivity index is 1.52. The molecule has 198 valence electrons. The first-order valence-electron chi connectivity index (χ1n) is 12.7. The van der Waals surface area contributed by atoms with E-state index in [-0.39, 0.29) is 17.4 Å². The quantitative estimate of drug-likeness (QED) is 0.191. The number of carbonyl (C=O) groups excluding carboxylic acids is 2. The fraction of sp³-hybridized carbons (Fsp3) is 0.233. The molecule has 1 amide bonds. The molecule has 2 aliphatic rings. The molecule has 6 rings (SSSR count). The molecule has 4 aromatic rings. The largest absolute Gasteiger partial charge is 0.507 e. The standard InChI is InChI=1S/C30H26N2O6S/c1-4-37-21-9-10-22-24(15-21)39-30(31-22)32-26(17-6-5-7-20(14-17)36-3)25(28(34)29(32)35)27(33)18-8-11-23-19(13-18)12-16(2)38-23/h5-11,13-16,26,33H,4,12H2,1-3H3/t16-,26+/m1/s1. The third kappa shape index (κ3) is 4.28. The van der Waals surface area contributed by atoms with Gasteiger partial charge in [-0.3, -0.25) is 14.5 Å². The number of anilines is 1. The number of ether oxygens (including phenoxy) is 3. The van der Waals surface area contributed by atoms with Crippen molar-refractivity contribution < 1.29 is 28.9 Å². The molecule has 1 aromatic heterocycles. The van der Waals surface area contributed by atoms with Gasteiger partial charge in [-0.15, -0.1) is 0 Å². The van der Waals surface area contributed by atoms with Crippen LogP contribution in [0.2, 0.25) is 0 Å². The van der Waals surface area contributed by atoms with Crippen LogP contribution in [-0.4, -0.2) is 41.6 Å². The van der Waals surface area contributed by atoms with Gasteiger partial charge in [0.25, 0.3) is 5.78 Å². The van der Waals surface area contributed by atoms with Crippen LogP contribution in [0.15, 0.2) is 66.2 Å². The molecule has 9 heteroatoms. The number of aliphatic hydroxyl groups excluding tert-OH is 1. The molecule has 1 saturated heterocycles. The Labute approximate surface area is 229 Å². The third-order valence-electron chi connectivity index (χ3n) is 6.89. The summed E-state index contributed by atoms with van der Waals surface area (Å²) in [6.07, 6.45) is 0.724. The number of rotatable bonds is 6. The molecule has 0 aliphatic carbocycles. The Bertz CT molecular complexity index is 1660. The molecule has 39 heavy (non-hydrogen) atoms. The highest BCUT2D eigenvalue weighted by atomic mass is 32.1. The van der Waals surface area contributed by atoms with Crippen LogP contribution < -0.4 is 19.1 Å². The van der Waals surface area contributed by atoms with Crippen molar-refractivity contribution in [2.75, 3.05) is 18.6 Å². The lowest BCUT2D eigenvalue weighted by Crippen LogP contribution is -2.29. The second kappa shape index (κ2) is 9.74. The highest BCUT2D eigenvalue weighted by molar-refractivity contribution is 7.22. The first-order chi connectivity index (χ1) is 18.9. The second-order valence-electron chi connectivity index (χ2n) is 9.46. The van der Waals surface area contributed by atoms with E-state index in [2.05, 4.69) is 4.98 Å². The van der Waals surface area contributed by atoms with E-state index in [9.17, 15) is 14.7 Å². The Kier molecular flexibility index (Phi) is 6.23. The van der Waals surface area contributed by atoms with E-state index in [4.69, 9.17) is 14.2 Å². The molecule has 2 atom stereocenters. The minimum absolute atomic E-state index is 0.00516. The molecule has 1 fully saturated rings. The van der Waals surface area contributed by atoms with Crippen molar-refractivity contribution in [2.24, 2.45) is 0 Å². The maximum absolute atomic E-state index is 13.6. The summed E-state index contributed by atoms with van der Waals surface area (Å²) in [5.41, 5.74) is 2.67. The van der Waals surface area contributed by atoms with Crippen LogP contribution in [0.3, 0.4) is 0 Å². The van der Waals surface area contributed by atoms with Gasteiger partial charge in [0.15, 0.2) is 5.13 Å². The molecule has 0 saturated carbocycles. The zero-order valence-corrected chi connectivity index (χ0v) is 22.5. The number of fused-ring (bicyclic) bond motifs is 2. The van der Waals surface area contributed by atoms with E-state index >= 15 is 0 Å². The van der Waals surface area contributed by atoms with Crippen LogP contribution in [0.25, 0.3) is 16.0 Å². The number of methoxy groups -OCH3 is 1. The molecule has 8 nitrogen and oxygen atoms in total. The van der Waals surface area contributed by atoms with Crippen molar-refractivity contribution >= 4 is 44.1 Å². The van der Waals surface area contributed by atoms with Crippen LogP contribution in [0.1, 0.15) is 36.6 Å². The van der Waals surface area contributed by atoms with Crippen molar-refractivity contribution in [1.82, 2.24) is 4.98 Å². The van der Waals surface area contributed by atoms with Crippen molar-refractivity contribution in [3.8, 4) is 17.2 Å². The molecule has 3 aromatic carbocycles. The molecule has 0 unspecified atom stereocenters. The van der Waals surface area contributed by atoms with Crippen molar-refractivity contribution in [3.05, 3.63) is 82.9 Å². The zero-order chi connectivity index (χ0) is 27.3. The maximum Gasteiger partial charge on any atom is 0.301 e. The van der Waals surface area contributed by atoms with Crippen LogP contribution in [0.5, 0.6) is 17.2 Å². The van der Waals surface area contributed by atoms with E-state index in [0.717, 1.165) is 16.0 Å².